The SMILES string of the molecule is CS(=O)(=O)c1ccc(N2CCC(C(=O)N3CCOCC3)CC2)cc1. The molecule has 1 aromatic carbocycles. The molecule has 6 nitrogen and oxygen atoms in total. The zero-order valence-electron chi connectivity index (χ0n) is 14.0. The third kappa shape index (κ3) is 3.89. The van der Waals surface area contributed by atoms with E-state index in [1.54, 1.807) is 12.1 Å². The first kappa shape index (κ1) is 17.2. The normalized spacial score (nSPS) is 20.2. The molecule has 2 fully saturated rings. The van der Waals surface area contributed by atoms with Crippen LogP contribution in [0, 0.1) is 5.92 Å². The first-order chi connectivity index (χ1) is 11.4. The largest absolute Gasteiger partial charge is 0.378 e. The lowest BCUT2D eigenvalue weighted by molar-refractivity contribution is -0.140. The van der Waals surface area contributed by atoms with Crippen molar-refractivity contribution in [2.24, 2.45) is 5.92 Å². The number of sulfone groups is 1. The third-order valence-corrected chi connectivity index (χ3v) is 5.93. The average Bonchev–Trinajstić information content (AvgIpc) is 2.61. The molecule has 0 bridgehead atoms. The van der Waals surface area contributed by atoms with Crippen molar-refractivity contribution in [1.82, 2.24) is 4.90 Å². The molecule has 0 radical (unpaired) electrons. The molecule has 0 aliphatic carbocycles. The van der Waals surface area contributed by atoms with Gasteiger partial charge in [0.25, 0.3) is 0 Å². The summed E-state index contributed by atoms with van der Waals surface area (Å²) in [7, 11) is -3.16. The molecule has 2 aliphatic heterocycles. The molecular weight excluding hydrogens is 328 g/mol. The minimum Gasteiger partial charge on any atom is -0.378 e. The van der Waals surface area contributed by atoms with Crippen LogP contribution in [0.3, 0.4) is 0 Å². The van der Waals surface area contributed by atoms with Crippen LogP contribution < -0.4 is 4.90 Å². The van der Waals surface area contributed by atoms with E-state index in [-0.39, 0.29) is 11.8 Å². The van der Waals surface area contributed by atoms with E-state index in [1.165, 1.54) is 6.26 Å². The van der Waals surface area contributed by atoms with E-state index in [2.05, 4.69) is 4.90 Å². The Morgan fingerprint density at radius 3 is 2.17 bits per heavy atom. The van der Waals surface area contributed by atoms with Crippen molar-refractivity contribution in [3.63, 3.8) is 0 Å². The number of piperidine rings is 1. The van der Waals surface area contributed by atoms with Crippen LogP contribution in [-0.2, 0) is 19.4 Å². The molecule has 0 spiro atoms. The summed E-state index contributed by atoms with van der Waals surface area (Å²) >= 11 is 0. The van der Waals surface area contributed by atoms with Gasteiger partial charge in [-0.3, -0.25) is 4.79 Å². The van der Waals surface area contributed by atoms with Crippen molar-refractivity contribution in [1.29, 1.82) is 0 Å². The molecule has 132 valence electrons. The van der Waals surface area contributed by atoms with Gasteiger partial charge >= 0.3 is 0 Å². The second kappa shape index (κ2) is 7.11. The fourth-order valence-electron chi connectivity index (χ4n) is 3.33. The highest BCUT2D eigenvalue weighted by atomic mass is 32.2. The van der Waals surface area contributed by atoms with E-state index < -0.39 is 9.84 Å². The molecule has 2 aliphatic rings. The van der Waals surface area contributed by atoms with Gasteiger partial charge in [0.05, 0.1) is 18.1 Å². The molecule has 1 aromatic rings. The Labute approximate surface area is 143 Å². The number of rotatable bonds is 3. The fourth-order valence-corrected chi connectivity index (χ4v) is 3.96. The number of hydrogen-bond acceptors (Lipinski definition) is 5. The zero-order chi connectivity index (χ0) is 17.2. The number of nitrogens with zero attached hydrogens (tertiary/aromatic N) is 2. The lowest BCUT2D eigenvalue weighted by atomic mass is 9.94. The summed E-state index contributed by atoms with van der Waals surface area (Å²) in [5.41, 5.74) is 1.01. The molecule has 2 saturated heterocycles. The van der Waals surface area contributed by atoms with E-state index in [0.29, 0.717) is 31.2 Å². The second-order valence-corrected chi connectivity index (χ2v) is 8.48. The summed E-state index contributed by atoms with van der Waals surface area (Å²) < 4.78 is 28.3. The molecule has 0 aromatic heterocycles. The van der Waals surface area contributed by atoms with E-state index in [1.807, 2.05) is 17.0 Å². The topological polar surface area (TPSA) is 66.9 Å². The van der Waals surface area contributed by atoms with Gasteiger partial charge in [-0.05, 0) is 37.1 Å². The van der Waals surface area contributed by atoms with Gasteiger partial charge in [0.15, 0.2) is 9.84 Å². The lowest BCUT2D eigenvalue weighted by Crippen LogP contribution is -2.46. The zero-order valence-corrected chi connectivity index (χ0v) is 14.8. The van der Waals surface area contributed by atoms with Crippen LogP contribution in [0.25, 0.3) is 0 Å². The summed E-state index contributed by atoms with van der Waals surface area (Å²) in [6.07, 6.45) is 2.89. The van der Waals surface area contributed by atoms with Crippen LogP contribution >= 0.6 is 0 Å². The number of carbonyl (C=O) groups excluding carboxylic acids is 1. The molecule has 0 unspecified atom stereocenters. The number of benzene rings is 1. The van der Waals surface area contributed by atoms with Crippen molar-refractivity contribution >= 4 is 21.4 Å². The minimum atomic E-state index is -3.16. The number of anilines is 1. The van der Waals surface area contributed by atoms with Gasteiger partial charge in [0, 0.05) is 44.0 Å². The van der Waals surface area contributed by atoms with Crippen LogP contribution in [0.4, 0.5) is 5.69 Å². The summed E-state index contributed by atoms with van der Waals surface area (Å²) in [5, 5.41) is 0. The smallest absolute Gasteiger partial charge is 0.225 e. The molecule has 24 heavy (non-hydrogen) atoms. The molecule has 1 amide bonds. The van der Waals surface area contributed by atoms with Gasteiger partial charge in [-0.15, -0.1) is 0 Å². The second-order valence-electron chi connectivity index (χ2n) is 6.47. The summed E-state index contributed by atoms with van der Waals surface area (Å²) in [5.74, 6) is 0.347. The molecule has 0 saturated carbocycles. The van der Waals surface area contributed by atoms with Gasteiger partial charge in [0.2, 0.25) is 5.91 Å². The quantitative estimate of drug-likeness (QED) is 0.817. The van der Waals surface area contributed by atoms with Crippen LogP contribution in [-0.4, -0.2) is 64.9 Å². The number of amides is 1. The maximum absolute atomic E-state index is 12.5. The van der Waals surface area contributed by atoms with Gasteiger partial charge < -0.3 is 14.5 Å². The molecule has 2 heterocycles. The molecular formula is C17H24N2O4S. The Bertz CT molecular complexity index is 673. The van der Waals surface area contributed by atoms with Crippen molar-refractivity contribution in [3.8, 4) is 0 Å². The van der Waals surface area contributed by atoms with E-state index in [9.17, 15) is 13.2 Å². The number of morpholine rings is 1. The van der Waals surface area contributed by atoms with Crippen LogP contribution in [0.5, 0.6) is 0 Å². The number of carbonyl (C=O) groups is 1. The third-order valence-electron chi connectivity index (χ3n) is 4.80. The molecule has 7 heteroatoms. The van der Waals surface area contributed by atoms with Crippen LogP contribution in [0.2, 0.25) is 0 Å². The van der Waals surface area contributed by atoms with Gasteiger partial charge in [-0.25, -0.2) is 8.42 Å². The first-order valence-corrected chi connectivity index (χ1v) is 10.3. The van der Waals surface area contributed by atoms with E-state index in [0.717, 1.165) is 31.6 Å². The number of hydrogen-bond donors (Lipinski definition) is 0. The minimum absolute atomic E-state index is 0.0923. The Balaban J connectivity index is 1.57. The first-order valence-electron chi connectivity index (χ1n) is 8.37. The Morgan fingerprint density at radius 1 is 1.04 bits per heavy atom. The Hall–Kier alpha value is -1.60. The van der Waals surface area contributed by atoms with E-state index in [4.69, 9.17) is 4.74 Å². The van der Waals surface area contributed by atoms with Crippen LogP contribution in [0.1, 0.15) is 12.8 Å². The van der Waals surface area contributed by atoms with Crippen molar-refractivity contribution in [3.05, 3.63) is 24.3 Å². The Kier molecular flexibility index (Phi) is 5.10. The predicted octanol–water partition coefficient (Wildman–Crippen LogP) is 1.17. The van der Waals surface area contributed by atoms with Gasteiger partial charge in [0.1, 0.15) is 0 Å². The molecule has 0 N–H and O–H groups in total. The maximum atomic E-state index is 12.5. The highest BCUT2D eigenvalue weighted by molar-refractivity contribution is 7.90. The predicted molar refractivity (Wildman–Crippen MR) is 91.9 cm³/mol. The standard InChI is InChI=1S/C17H24N2O4S/c1-24(21,22)16-4-2-15(3-5-16)18-8-6-14(7-9-18)17(20)19-10-12-23-13-11-19/h2-5,14H,6-13H2,1H3. The summed E-state index contributed by atoms with van der Waals surface area (Å²) in [4.78, 5) is 17.0. The van der Waals surface area contributed by atoms with Gasteiger partial charge in [-0.2, -0.15) is 0 Å². The summed E-state index contributed by atoms with van der Waals surface area (Å²) in [6, 6.07) is 6.99. The van der Waals surface area contributed by atoms with Crippen molar-refractivity contribution < 1.29 is 17.9 Å². The average molecular weight is 352 g/mol. The van der Waals surface area contributed by atoms with Gasteiger partial charge in [-0.1, -0.05) is 0 Å². The monoisotopic (exact) mass is 352 g/mol. The number of ether oxygens (including phenoxy) is 1. The maximum Gasteiger partial charge on any atom is 0.225 e. The molecule has 3 rings (SSSR count). The Morgan fingerprint density at radius 2 is 1.62 bits per heavy atom. The highest BCUT2D eigenvalue weighted by Gasteiger charge is 2.29. The fraction of sp³-hybridized carbons (Fsp3) is 0.588. The highest BCUT2D eigenvalue weighted by Crippen LogP contribution is 2.26. The molecule has 0 atom stereocenters. The van der Waals surface area contributed by atoms with E-state index >= 15 is 0 Å². The van der Waals surface area contributed by atoms with Crippen molar-refractivity contribution in [2.75, 3.05) is 50.5 Å². The summed E-state index contributed by atoms with van der Waals surface area (Å²) in [6.45, 7) is 4.31. The van der Waals surface area contributed by atoms with Crippen LogP contribution in [0.15, 0.2) is 29.2 Å². The van der Waals surface area contributed by atoms with Crippen molar-refractivity contribution in [2.45, 2.75) is 17.7 Å². The lowest BCUT2D eigenvalue weighted by Gasteiger charge is -2.36.